The number of quaternary nitrogens is 1. The second-order valence-corrected chi connectivity index (χ2v) is 23.5. The molecule has 0 heterocycles. The van der Waals surface area contributed by atoms with E-state index in [1.54, 1.807) is 6.08 Å². The lowest BCUT2D eigenvalue weighted by atomic mass is 10.0. The van der Waals surface area contributed by atoms with Gasteiger partial charge in [-0.05, 0) is 64.2 Å². The zero-order valence-electron chi connectivity index (χ0n) is 47.7. The molecule has 418 valence electrons. The Morgan fingerprint density at radius 1 is 0.465 bits per heavy atom. The molecule has 8 nitrogen and oxygen atoms in total. The lowest BCUT2D eigenvalue weighted by Gasteiger charge is -2.25. The average molecular weight is 1020 g/mol. The molecule has 0 aliphatic heterocycles. The van der Waals surface area contributed by atoms with E-state index in [0.29, 0.717) is 17.4 Å². The van der Waals surface area contributed by atoms with E-state index >= 15 is 0 Å². The SMILES string of the molecule is CCCC/C=C/CC/C=C/CC/C=C/C(O)C(COP(=O)(O)OCC[N+](C)(C)C)NC(=O)CCCCCCCCCCCCCCCCCCC/C=C\CCCCCCCCCCCCCCCCCC. The maximum atomic E-state index is 12.9. The molecule has 3 N–H and O–H groups in total. The maximum absolute atomic E-state index is 12.9. The molecular weight excluding hydrogens is 900 g/mol. The highest BCUT2D eigenvalue weighted by molar-refractivity contribution is 7.47. The minimum Gasteiger partial charge on any atom is -0.387 e. The molecule has 0 saturated carbocycles. The maximum Gasteiger partial charge on any atom is 0.472 e. The molecule has 9 heteroatoms. The Morgan fingerprint density at radius 3 is 1.17 bits per heavy atom. The van der Waals surface area contributed by atoms with E-state index in [4.69, 9.17) is 9.05 Å². The first kappa shape index (κ1) is 69.5. The standard InChI is InChI=1S/C62H119N2O6P/c1-6-8-10-12-14-16-18-20-21-22-23-24-25-26-27-28-29-30-31-32-33-34-35-36-37-38-39-40-41-42-43-44-46-48-50-52-54-56-62(66)63-60(59-70-71(67,68)69-58-57-64(3,4)5)61(65)55-53-51-49-47-45-19-17-15-13-11-9-7-2/h13,15,30-31,45,47,53,55,60-61,65H,6-12,14,16-29,32-44,46,48-52,54,56-59H2,1-5H3,(H-,63,66,67,68)/p+1/b15-13+,31-30-,47-45+,55-53+. The van der Waals surface area contributed by atoms with Crippen molar-refractivity contribution in [1.82, 2.24) is 5.32 Å². The summed E-state index contributed by atoms with van der Waals surface area (Å²) < 4.78 is 23.6. The van der Waals surface area contributed by atoms with Crippen molar-refractivity contribution in [3.05, 3.63) is 48.6 Å². The van der Waals surface area contributed by atoms with E-state index in [0.717, 1.165) is 51.4 Å². The van der Waals surface area contributed by atoms with Gasteiger partial charge in [-0.3, -0.25) is 13.8 Å². The number of phosphoric ester groups is 1. The van der Waals surface area contributed by atoms with Gasteiger partial charge < -0.3 is 19.8 Å². The third-order valence-electron chi connectivity index (χ3n) is 13.7. The third-order valence-corrected chi connectivity index (χ3v) is 14.7. The van der Waals surface area contributed by atoms with Crippen molar-refractivity contribution >= 4 is 13.7 Å². The van der Waals surface area contributed by atoms with Gasteiger partial charge in [0.15, 0.2) is 0 Å². The van der Waals surface area contributed by atoms with Gasteiger partial charge in [0.2, 0.25) is 5.91 Å². The predicted molar refractivity (Wildman–Crippen MR) is 309 cm³/mol. The topological polar surface area (TPSA) is 105 Å². The van der Waals surface area contributed by atoms with Crippen molar-refractivity contribution in [3.63, 3.8) is 0 Å². The van der Waals surface area contributed by atoms with Crippen LogP contribution in [0.3, 0.4) is 0 Å². The Morgan fingerprint density at radius 2 is 0.789 bits per heavy atom. The Kier molecular flexibility index (Phi) is 52.1. The molecule has 0 aromatic carbocycles. The van der Waals surface area contributed by atoms with Crippen LogP contribution in [0.2, 0.25) is 0 Å². The molecule has 0 bridgehead atoms. The minimum absolute atomic E-state index is 0.0535. The Labute approximate surface area is 441 Å². The number of carbonyl (C=O) groups is 1. The quantitative estimate of drug-likeness (QED) is 0.0243. The van der Waals surface area contributed by atoms with Crippen LogP contribution in [0.15, 0.2) is 48.6 Å². The molecule has 0 spiro atoms. The monoisotopic (exact) mass is 1020 g/mol. The van der Waals surface area contributed by atoms with E-state index in [-0.39, 0.29) is 19.1 Å². The number of nitrogens with zero attached hydrogens (tertiary/aromatic N) is 1. The molecule has 71 heavy (non-hydrogen) atoms. The Balaban J connectivity index is 3.91. The van der Waals surface area contributed by atoms with Gasteiger partial charge in [0.05, 0.1) is 39.9 Å². The van der Waals surface area contributed by atoms with Crippen LogP contribution < -0.4 is 5.32 Å². The number of nitrogens with one attached hydrogen (secondary N) is 1. The zero-order chi connectivity index (χ0) is 52.0. The number of hydrogen-bond donors (Lipinski definition) is 3. The molecular formula is C62H120N2O6P+. The Hall–Kier alpha value is -1.54. The van der Waals surface area contributed by atoms with Crippen LogP contribution >= 0.6 is 7.82 Å². The first-order valence-corrected chi connectivity index (χ1v) is 32.0. The zero-order valence-corrected chi connectivity index (χ0v) is 48.6. The van der Waals surface area contributed by atoms with Crippen LogP contribution in [-0.2, 0) is 18.4 Å². The molecule has 0 rings (SSSR count). The minimum atomic E-state index is -4.35. The van der Waals surface area contributed by atoms with Crippen LogP contribution in [0.1, 0.15) is 290 Å². The molecule has 3 unspecified atom stereocenters. The number of amides is 1. The van der Waals surface area contributed by atoms with Crippen molar-refractivity contribution in [2.24, 2.45) is 0 Å². The number of likely N-dealkylation sites (N-methyl/N-ethyl adjacent to an activating group) is 1. The van der Waals surface area contributed by atoms with E-state index in [9.17, 15) is 19.4 Å². The fourth-order valence-corrected chi connectivity index (χ4v) is 9.68. The van der Waals surface area contributed by atoms with Gasteiger partial charge in [0.1, 0.15) is 13.2 Å². The van der Waals surface area contributed by atoms with Gasteiger partial charge in [-0.25, -0.2) is 4.57 Å². The van der Waals surface area contributed by atoms with Crippen LogP contribution in [0.25, 0.3) is 0 Å². The molecule has 1 amide bonds. The van der Waals surface area contributed by atoms with Gasteiger partial charge >= 0.3 is 7.82 Å². The fourth-order valence-electron chi connectivity index (χ4n) is 8.94. The second kappa shape index (κ2) is 53.3. The molecule has 3 atom stereocenters. The van der Waals surface area contributed by atoms with Crippen molar-refractivity contribution in [2.75, 3.05) is 40.9 Å². The molecule has 0 aromatic heterocycles. The summed E-state index contributed by atoms with van der Waals surface area (Å²) in [6, 6.07) is -0.868. The van der Waals surface area contributed by atoms with Crippen LogP contribution in [0, 0.1) is 0 Å². The molecule has 0 aliphatic carbocycles. The van der Waals surface area contributed by atoms with Crippen molar-refractivity contribution in [3.8, 4) is 0 Å². The van der Waals surface area contributed by atoms with Gasteiger partial charge in [-0.1, -0.05) is 268 Å². The predicted octanol–water partition coefficient (Wildman–Crippen LogP) is 18.7. The fraction of sp³-hybridized carbons (Fsp3) is 0.855. The second-order valence-electron chi connectivity index (χ2n) is 22.1. The number of hydrogen-bond acceptors (Lipinski definition) is 5. The summed E-state index contributed by atoms with van der Waals surface area (Å²) in [5.41, 5.74) is 0. The third kappa shape index (κ3) is 56.0. The number of rotatable bonds is 56. The van der Waals surface area contributed by atoms with Gasteiger partial charge in [-0.15, -0.1) is 0 Å². The van der Waals surface area contributed by atoms with E-state index in [1.807, 2.05) is 27.2 Å². The van der Waals surface area contributed by atoms with Gasteiger partial charge in [0, 0.05) is 6.42 Å². The van der Waals surface area contributed by atoms with Crippen LogP contribution in [0.4, 0.5) is 0 Å². The van der Waals surface area contributed by atoms with E-state index in [1.165, 1.54) is 218 Å². The highest BCUT2D eigenvalue weighted by Gasteiger charge is 2.27. The smallest absolute Gasteiger partial charge is 0.387 e. The summed E-state index contributed by atoms with van der Waals surface area (Å²) in [6.07, 6.45) is 71.2. The number of allylic oxidation sites excluding steroid dienone is 7. The molecule has 0 saturated heterocycles. The van der Waals surface area contributed by atoms with E-state index < -0.39 is 20.0 Å². The summed E-state index contributed by atoms with van der Waals surface area (Å²) in [6.45, 7) is 4.76. The number of aliphatic hydroxyl groups is 1. The van der Waals surface area contributed by atoms with Gasteiger partial charge in [0.25, 0.3) is 0 Å². The van der Waals surface area contributed by atoms with Crippen molar-refractivity contribution < 1.29 is 32.9 Å². The average Bonchev–Trinajstić information content (AvgIpc) is 3.33. The van der Waals surface area contributed by atoms with Crippen LogP contribution in [-0.4, -0.2) is 73.4 Å². The molecule has 0 aromatic rings. The Bertz CT molecular complexity index is 1290. The summed E-state index contributed by atoms with van der Waals surface area (Å²) in [5, 5.41) is 13.8. The van der Waals surface area contributed by atoms with Gasteiger partial charge in [-0.2, -0.15) is 0 Å². The van der Waals surface area contributed by atoms with E-state index in [2.05, 4.69) is 55.6 Å². The van der Waals surface area contributed by atoms with Crippen molar-refractivity contribution in [1.29, 1.82) is 0 Å². The molecule has 0 fully saturated rings. The first-order chi connectivity index (χ1) is 34.5. The highest BCUT2D eigenvalue weighted by Crippen LogP contribution is 2.43. The largest absolute Gasteiger partial charge is 0.472 e. The number of phosphoric acid groups is 1. The molecule has 0 radical (unpaired) electrons. The van der Waals surface area contributed by atoms with Crippen molar-refractivity contribution in [2.45, 2.75) is 302 Å². The summed E-state index contributed by atoms with van der Waals surface area (Å²) in [4.78, 5) is 23.2. The highest BCUT2D eigenvalue weighted by atomic mass is 31.2. The summed E-state index contributed by atoms with van der Waals surface area (Å²) in [7, 11) is 1.55. The molecule has 0 aliphatic rings. The number of unbranched alkanes of at least 4 members (excludes halogenated alkanes) is 37. The summed E-state index contributed by atoms with van der Waals surface area (Å²) in [5.74, 6) is -0.189. The lowest BCUT2D eigenvalue weighted by Crippen LogP contribution is -2.45. The summed E-state index contributed by atoms with van der Waals surface area (Å²) >= 11 is 0. The normalized spacial score (nSPS) is 14.2. The number of aliphatic hydroxyl groups excluding tert-OH is 1. The first-order valence-electron chi connectivity index (χ1n) is 30.5. The lowest BCUT2D eigenvalue weighted by molar-refractivity contribution is -0.870. The van der Waals surface area contributed by atoms with Crippen LogP contribution in [0.5, 0.6) is 0 Å². The number of carbonyl (C=O) groups excluding carboxylic acids is 1.